The van der Waals surface area contributed by atoms with Crippen molar-refractivity contribution in [3.63, 3.8) is 0 Å². The third-order valence-electron chi connectivity index (χ3n) is 4.84. The van der Waals surface area contributed by atoms with Crippen molar-refractivity contribution in [1.82, 2.24) is 24.6 Å². The Morgan fingerprint density at radius 2 is 1.92 bits per heavy atom. The van der Waals surface area contributed by atoms with Crippen LogP contribution in [0.1, 0.15) is 72.5 Å². The first-order chi connectivity index (χ1) is 11.9. The van der Waals surface area contributed by atoms with Gasteiger partial charge in [0.05, 0.1) is 0 Å². The minimum absolute atomic E-state index is 0.0229. The molecule has 1 N–H and O–H groups in total. The van der Waals surface area contributed by atoms with Gasteiger partial charge in [0.15, 0.2) is 0 Å². The summed E-state index contributed by atoms with van der Waals surface area (Å²) in [6, 6.07) is -0.0229. The van der Waals surface area contributed by atoms with Crippen LogP contribution in [0.5, 0.6) is 0 Å². The van der Waals surface area contributed by atoms with Crippen LogP contribution in [-0.4, -0.2) is 43.9 Å². The largest absolute Gasteiger partial charge is 0.345 e. The van der Waals surface area contributed by atoms with Crippen LogP contribution in [0.2, 0.25) is 0 Å². The number of hydrogen-bond donors (Lipinski definition) is 1. The van der Waals surface area contributed by atoms with E-state index in [1.54, 1.807) is 11.6 Å². The van der Waals surface area contributed by atoms with Crippen LogP contribution in [0.25, 0.3) is 0 Å². The molecule has 1 saturated heterocycles. The second-order valence-corrected chi connectivity index (χ2v) is 9.35. The number of piperidine rings is 1. The Labute approximate surface area is 156 Å². The Balaban J connectivity index is 2.10. The predicted molar refractivity (Wildman–Crippen MR) is 103 cm³/mol. The number of nitrogens with one attached hydrogen (secondary N) is 1. The number of carbonyl (C=O) groups is 1. The molecular formula is C19H35N5O2. The van der Waals surface area contributed by atoms with Gasteiger partial charge in [0, 0.05) is 38.1 Å². The van der Waals surface area contributed by atoms with Gasteiger partial charge in [-0.2, -0.15) is 5.10 Å². The second-order valence-electron chi connectivity index (χ2n) is 9.35. The molecule has 0 aliphatic carbocycles. The molecule has 7 nitrogen and oxygen atoms in total. The van der Waals surface area contributed by atoms with Crippen LogP contribution in [0.15, 0.2) is 4.79 Å². The highest BCUT2D eigenvalue weighted by Crippen LogP contribution is 2.28. The first-order valence-electron chi connectivity index (χ1n) is 9.64. The molecule has 1 unspecified atom stereocenters. The predicted octanol–water partition coefficient (Wildman–Crippen LogP) is 2.71. The van der Waals surface area contributed by atoms with Crippen LogP contribution in [0, 0.1) is 5.41 Å². The van der Waals surface area contributed by atoms with Crippen molar-refractivity contribution >= 4 is 6.03 Å². The molecule has 1 aromatic heterocycles. The van der Waals surface area contributed by atoms with Gasteiger partial charge in [0.2, 0.25) is 0 Å². The van der Waals surface area contributed by atoms with Gasteiger partial charge in [0.1, 0.15) is 5.82 Å². The molecule has 2 amide bonds. The van der Waals surface area contributed by atoms with Crippen LogP contribution in [-0.2, 0) is 13.6 Å². The second kappa shape index (κ2) is 7.45. The molecule has 26 heavy (non-hydrogen) atoms. The zero-order chi connectivity index (χ0) is 19.7. The van der Waals surface area contributed by atoms with Gasteiger partial charge in [-0.25, -0.2) is 14.3 Å². The van der Waals surface area contributed by atoms with Crippen molar-refractivity contribution < 1.29 is 4.79 Å². The summed E-state index contributed by atoms with van der Waals surface area (Å²) in [7, 11) is 1.68. The Bertz CT molecular complexity index is 696. The lowest BCUT2D eigenvalue weighted by Gasteiger charge is -2.38. The Morgan fingerprint density at radius 3 is 2.50 bits per heavy atom. The molecule has 1 fully saturated rings. The van der Waals surface area contributed by atoms with E-state index in [-0.39, 0.29) is 28.6 Å². The van der Waals surface area contributed by atoms with Crippen LogP contribution >= 0.6 is 0 Å². The maximum atomic E-state index is 12.8. The lowest BCUT2D eigenvalue weighted by Crippen LogP contribution is -2.53. The number of likely N-dealkylation sites (tertiary alicyclic amines) is 1. The summed E-state index contributed by atoms with van der Waals surface area (Å²) in [6.07, 6.45) is 2.77. The van der Waals surface area contributed by atoms with Crippen molar-refractivity contribution in [2.24, 2.45) is 12.5 Å². The van der Waals surface area contributed by atoms with E-state index in [1.807, 2.05) is 11.8 Å². The fourth-order valence-corrected chi connectivity index (χ4v) is 4.23. The molecule has 2 heterocycles. The zero-order valence-corrected chi connectivity index (χ0v) is 17.4. The van der Waals surface area contributed by atoms with Gasteiger partial charge in [-0.05, 0) is 45.4 Å². The Hall–Kier alpha value is -1.79. The van der Waals surface area contributed by atoms with Crippen molar-refractivity contribution in [2.75, 3.05) is 13.1 Å². The highest BCUT2D eigenvalue weighted by atomic mass is 16.2. The van der Waals surface area contributed by atoms with E-state index in [0.29, 0.717) is 13.1 Å². The van der Waals surface area contributed by atoms with E-state index in [1.165, 1.54) is 4.68 Å². The number of amides is 2. The molecule has 1 atom stereocenters. The fraction of sp³-hybridized carbons (Fsp3) is 0.842. The van der Waals surface area contributed by atoms with Crippen LogP contribution in [0.3, 0.4) is 0 Å². The standard InChI is InChI=1S/C19H35N5O2/c1-8-24-15(21-22(7)17(24)26)14-10-9-11-23(12-14)16(25)20-19(5,6)13-18(2,3)4/h14H,8-13H2,1-7H3,(H,20,25). The molecule has 1 aliphatic heterocycles. The van der Waals surface area contributed by atoms with Crippen molar-refractivity contribution in [2.45, 2.75) is 78.8 Å². The van der Waals surface area contributed by atoms with E-state index in [9.17, 15) is 9.59 Å². The van der Waals surface area contributed by atoms with E-state index in [2.05, 4.69) is 45.0 Å². The molecule has 1 aromatic rings. The number of urea groups is 1. The Morgan fingerprint density at radius 1 is 1.27 bits per heavy atom. The van der Waals surface area contributed by atoms with Gasteiger partial charge in [-0.1, -0.05) is 20.8 Å². The SMILES string of the molecule is CCn1c(C2CCCN(C(=O)NC(C)(C)CC(C)(C)C)C2)nn(C)c1=O. The molecule has 0 spiro atoms. The summed E-state index contributed by atoms with van der Waals surface area (Å²) in [4.78, 5) is 26.9. The number of rotatable bonds is 4. The van der Waals surface area contributed by atoms with E-state index >= 15 is 0 Å². The van der Waals surface area contributed by atoms with E-state index in [0.717, 1.165) is 31.6 Å². The zero-order valence-electron chi connectivity index (χ0n) is 17.4. The summed E-state index contributed by atoms with van der Waals surface area (Å²) in [5, 5.41) is 7.62. The van der Waals surface area contributed by atoms with E-state index < -0.39 is 0 Å². The molecule has 0 aromatic carbocycles. The number of aromatic nitrogens is 3. The summed E-state index contributed by atoms with van der Waals surface area (Å²) in [5.74, 6) is 0.903. The molecule has 0 bridgehead atoms. The monoisotopic (exact) mass is 365 g/mol. The smallest absolute Gasteiger partial charge is 0.333 e. The van der Waals surface area contributed by atoms with Crippen LogP contribution < -0.4 is 11.0 Å². The first-order valence-corrected chi connectivity index (χ1v) is 9.64. The quantitative estimate of drug-likeness (QED) is 0.892. The normalized spacial score (nSPS) is 18.9. The average molecular weight is 366 g/mol. The summed E-state index contributed by atoms with van der Waals surface area (Å²) >= 11 is 0. The lowest BCUT2D eigenvalue weighted by atomic mass is 9.82. The maximum absolute atomic E-state index is 12.8. The third-order valence-corrected chi connectivity index (χ3v) is 4.84. The number of aryl methyl sites for hydroxylation is 1. The molecule has 1 aliphatic rings. The third kappa shape index (κ3) is 4.89. The molecule has 0 radical (unpaired) electrons. The molecule has 0 saturated carbocycles. The topological polar surface area (TPSA) is 72.2 Å². The molecular weight excluding hydrogens is 330 g/mol. The number of nitrogens with zero attached hydrogens (tertiary/aromatic N) is 4. The highest BCUT2D eigenvalue weighted by Gasteiger charge is 2.32. The van der Waals surface area contributed by atoms with E-state index in [4.69, 9.17) is 0 Å². The van der Waals surface area contributed by atoms with Crippen molar-refractivity contribution in [1.29, 1.82) is 0 Å². The Kier molecular flexibility index (Phi) is 5.88. The summed E-state index contributed by atoms with van der Waals surface area (Å²) < 4.78 is 3.11. The van der Waals surface area contributed by atoms with Gasteiger partial charge < -0.3 is 10.2 Å². The van der Waals surface area contributed by atoms with Gasteiger partial charge >= 0.3 is 11.7 Å². The summed E-state index contributed by atoms with van der Waals surface area (Å²) in [5.41, 5.74) is -0.207. The van der Waals surface area contributed by atoms with Gasteiger partial charge in [0.25, 0.3) is 0 Å². The van der Waals surface area contributed by atoms with Crippen molar-refractivity contribution in [3.05, 3.63) is 16.3 Å². The maximum Gasteiger partial charge on any atom is 0.345 e. The number of carbonyl (C=O) groups excluding carboxylic acids is 1. The molecule has 148 valence electrons. The minimum Gasteiger partial charge on any atom is -0.333 e. The van der Waals surface area contributed by atoms with Gasteiger partial charge in [-0.15, -0.1) is 0 Å². The number of hydrogen-bond acceptors (Lipinski definition) is 3. The highest BCUT2D eigenvalue weighted by molar-refractivity contribution is 5.75. The fourth-order valence-electron chi connectivity index (χ4n) is 4.23. The first kappa shape index (κ1) is 20.5. The van der Waals surface area contributed by atoms with Gasteiger partial charge in [-0.3, -0.25) is 4.57 Å². The van der Waals surface area contributed by atoms with Crippen LogP contribution in [0.4, 0.5) is 4.79 Å². The average Bonchev–Trinajstić information content (AvgIpc) is 2.79. The van der Waals surface area contributed by atoms with Crippen molar-refractivity contribution in [3.8, 4) is 0 Å². The molecule has 2 rings (SSSR count). The molecule has 7 heteroatoms. The summed E-state index contributed by atoms with van der Waals surface area (Å²) in [6.45, 7) is 14.6. The lowest BCUT2D eigenvalue weighted by molar-refractivity contribution is 0.159. The minimum atomic E-state index is -0.265.